The Morgan fingerprint density at radius 3 is 2.40 bits per heavy atom. The van der Waals surface area contributed by atoms with Crippen LogP contribution in [0.3, 0.4) is 0 Å². The van der Waals surface area contributed by atoms with Gasteiger partial charge in [-0.05, 0) is 60.4 Å². The predicted octanol–water partition coefficient (Wildman–Crippen LogP) is 3.74. The molecule has 0 aliphatic carbocycles. The number of allylic oxidation sites excluding steroid dienone is 1. The van der Waals surface area contributed by atoms with Crippen molar-refractivity contribution in [3.05, 3.63) is 46.8 Å². The van der Waals surface area contributed by atoms with E-state index in [1.165, 1.54) is 28.0 Å². The summed E-state index contributed by atoms with van der Waals surface area (Å²) in [6.45, 7) is 5.13. The zero-order valence-electron chi connectivity index (χ0n) is 12.4. The molecule has 0 bridgehead atoms. The van der Waals surface area contributed by atoms with Crippen LogP contribution in [-0.2, 0) is 6.54 Å². The maximum atomic E-state index is 5.41. The van der Waals surface area contributed by atoms with E-state index in [2.05, 4.69) is 48.9 Å². The summed E-state index contributed by atoms with van der Waals surface area (Å²) in [6.07, 6.45) is 4.41. The molecule has 3 nitrogen and oxygen atoms in total. The van der Waals surface area contributed by atoms with Gasteiger partial charge in [-0.1, -0.05) is 0 Å². The number of ether oxygens (including phenoxy) is 2. The second-order valence-corrected chi connectivity index (χ2v) is 5.26. The molecule has 1 aliphatic heterocycles. The molecule has 20 heavy (non-hydrogen) atoms. The van der Waals surface area contributed by atoms with Gasteiger partial charge in [-0.2, -0.15) is 0 Å². The molecule has 3 rings (SSSR count). The van der Waals surface area contributed by atoms with E-state index in [0.29, 0.717) is 0 Å². The van der Waals surface area contributed by atoms with Gasteiger partial charge in [-0.25, -0.2) is 0 Å². The number of benzene rings is 1. The highest BCUT2D eigenvalue weighted by atomic mass is 16.5. The number of hydrogen-bond donors (Lipinski definition) is 0. The second kappa shape index (κ2) is 4.75. The van der Waals surface area contributed by atoms with E-state index < -0.39 is 0 Å². The van der Waals surface area contributed by atoms with Gasteiger partial charge in [0.2, 0.25) is 0 Å². The monoisotopic (exact) mass is 269 g/mol. The van der Waals surface area contributed by atoms with Gasteiger partial charge < -0.3 is 14.0 Å². The quantitative estimate of drug-likeness (QED) is 0.829. The van der Waals surface area contributed by atoms with E-state index in [-0.39, 0.29) is 0 Å². The van der Waals surface area contributed by atoms with E-state index in [9.17, 15) is 0 Å². The summed E-state index contributed by atoms with van der Waals surface area (Å²) >= 11 is 0. The van der Waals surface area contributed by atoms with Crippen LogP contribution >= 0.6 is 0 Å². The fourth-order valence-electron chi connectivity index (χ4n) is 2.82. The van der Waals surface area contributed by atoms with Crippen molar-refractivity contribution >= 4 is 11.6 Å². The van der Waals surface area contributed by atoms with Gasteiger partial charge >= 0.3 is 0 Å². The minimum absolute atomic E-state index is 0.776. The lowest BCUT2D eigenvalue weighted by Crippen LogP contribution is -2.02. The average Bonchev–Trinajstić information content (AvgIpc) is 2.75. The first-order valence-corrected chi connectivity index (χ1v) is 6.72. The molecule has 0 amide bonds. The third kappa shape index (κ3) is 1.99. The highest BCUT2D eigenvalue weighted by Crippen LogP contribution is 2.35. The number of methoxy groups -OCH3 is 2. The summed E-state index contributed by atoms with van der Waals surface area (Å²) in [5.41, 5.74) is 6.27. The normalized spacial score (nSPS) is 13.1. The SMILES string of the molecule is COc1cc2c(cc1OC)Cn1cc(C)cc1C(C)=C2. The minimum atomic E-state index is 0.776. The van der Waals surface area contributed by atoms with Crippen LogP contribution < -0.4 is 9.47 Å². The Kier molecular flexibility index (Phi) is 3.05. The molecule has 2 aromatic rings. The maximum Gasteiger partial charge on any atom is 0.161 e. The standard InChI is InChI=1S/C17H19NO2/c1-11-5-15-12(2)6-13-7-16(19-3)17(20-4)8-14(13)10-18(15)9-11/h5-9H,10H2,1-4H3. The lowest BCUT2D eigenvalue weighted by molar-refractivity contribution is 0.354. The molecule has 1 aliphatic rings. The largest absolute Gasteiger partial charge is 0.493 e. The van der Waals surface area contributed by atoms with Crippen molar-refractivity contribution in [2.24, 2.45) is 0 Å². The molecule has 2 heterocycles. The Balaban J connectivity index is 2.18. The first-order chi connectivity index (χ1) is 9.62. The Bertz CT molecular complexity index is 695. The Hall–Kier alpha value is -2.16. The molecule has 3 heteroatoms. The van der Waals surface area contributed by atoms with Crippen molar-refractivity contribution in [1.82, 2.24) is 4.57 Å². The van der Waals surface area contributed by atoms with Crippen LogP contribution in [0, 0.1) is 6.92 Å². The van der Waals surface area contributed by atoms with Crippen LogP contribution in [0.5, 0.6) is 11.5 Å². The van der Waals surface area contributed by atoms with Gasteiger partial charge in [-0.15, -0.1) is 0 Å². The molecule has 0 saturated carbocycles. The molecule has 0 fully saturated rings. The van der Waals surface area contributed by atoms with Gasteiger partial charge in [0.1, 0.15) is 0 Å². The molecule has 0 unspecified atom stereocenters. The van der Waals surface area contributed by atoms with Gasteiger partial charge in [-0.3, -0.25) is 0 Å². The zero-order valence-corrected chi connectivity index (χ0v) is 12.4. The Labute approximate surface area is 119 Å². The maximum absolute atomic E-state index is 5.41. The number of aromatic nitrogens is 1. The van der Waals surface area contributed by atoms with Crippen molar-refractivity contribution in [2.45, 2.75) is 20.4 Å². The molecular formula is C17H19NO2. The third-order valence-corrected chi connectivity index (χ3v) is 3.80. The molecule has 0 radical (unpaired) electrons. The first kappa shape index (κ1) is 12.9. The van der Waals surface area contributed by atoms with Crippen LogP contribution in [0.4, 0.5) is 0 Å². The van der Waals surface area contributed by atoms with Crippen molar-refractivity contribution < 1.29 is 9.47 Å². The van der Waals surface area contributed by atoms with Crippen molar-refractivity contribution in [2.75, 3.05) is 14.2 Å². The third-order valence-electron chi connectivity index (χ3n) is 3.80. The number of nitrogens with zero attached hydrogens (tertiary/aromatic N) is 1. The summed E-state index contributed by atoms with van der Waals surface area (Å²) in [6, 6.07) is 6.35. The lowest BCUT2D eigenvalue weighted by Gasteiger charge is -2.12. The molecule has 104 valence electrons. The fraction of sp³-hybridized carbons (Fsp3) is 0.294. The molecule has 0 N–H and O–H groups in total. The van der Waals surface area contributed by atoms with E-state index in [4.69, 9.17) is 9.47 Å². The number of fused-ring (bicyclic) bond motifs is 2. The number of rotatable bonds is 2. The van der Waals surface area contributed by atoms with E-state index in [1.54, 1.807) is 14.2 Å². The van der Waals surface area contributed by atoms with Crippen LogP contribution in [-0.4, -0.2) is 18.8 Å². The van der Waals surface area contributed by atoms with E-state index >= 15 is 0 Å². The summed E-state index contributed by atoms with van der Waals surface area (Å²) < 4.78 is 13.1. The highest BCUT2D eigenvalue weighted by molar-refractivity contribution is 5.82. The number of hydrogen-bond acceptors (Lipinski definition) is 2. The van der Waals surface area contributed by atoms with Crippen LogP contribution in [0.1, 0.15) is 29.3 Å². The molecule has 0 spiro atoms. The van der Waals surface area contributed by atoms with Gasteiger partial charge in [0.05, 0.1) is 14.2 Å². The first-order valence-electron chi connectivity index (χ1n) is 6.72. The molecule has 1 aromatic carbocycles. The van der Waals surface area contributed by atoms with Gasteiger partial charge in [0.25, 0.3) is 0 Å². The lowest BCUT2D eigenvalue weighted by atomic mass is 10.0. The predicted molar refractivity (Wildman–Crippen MR) is 81.4 cm³/mol. The average molecular weight is 269 g/mol. The van der Waals surface area contributed by atoms with E-state index in [1.807, 2.05) is 0 Å². The summed E-state index contributed by atoms with van der Waals surface area (Å²) in [5, 5.41) is 0. The zero-order chi connectivity index (χ0) is 14.3. The topological polar surface area (TPSA) is 23.4 Å². The summed E-state index contributed by atoms with van der Waals surface area (Å²) in [5.74, 6) is 1.56. The van der Waals surface area contributed by atoms with Crippen LogP contribution in [0.15, 0.2) is 24.4 Å². The summed E-state index contributed by atoms with van der Waals surface area (Å²) in [7, 11) is 3.34. The highest BCUT2D eigenvalue weighted by Gasteiger charge is 2.16. The molecule has 0 saturated heterocycles. The minimum Gasteiger partial charge on any atom is -0.493 e. The molecule has 1 aromatic heterocycles. The smallest absolute Gasteiger partial charge is 0.161 e. The Morgan fingerprint density at radius 2 is 1.70 bits per heavy atom. The molecular weight excluding hydrogens is 250 g/mol. The van der Waals surface area contributed by atoms with Gasteiger partial charge in [0.15, 0.2) is 11.5 Å². The van der Waals surface area contributed by atoms with Crippen molar-refractivity contribution in [3.8, 4) is 11.5 Å². The Morgan fingerprint density at radius 1 is 1.00 bits per heavy atom. The van der Waals surface area contributed by atoms with E-state index in [0.717, 1.165) is 18.0 Å². The van der Waals surface area contributed by atoms with Crippen molar-refractivity contribution in [1.29, 1.82) is 0 Å². The number of aryl methyl sites for hydroxylation is 1. The molecule has 0 atom stereocenters. The van der Waals surface area contributed by atoms with Gasteiger partial charge in [0, 0.05) is 18.4 Å². The second-order valence-electron chi connectivity index (χ2n) is 5.26. The van der Waals surface area contributed by atoms with Crippen LogP contribution in [0.25, 0.3) is 11.6 Å². The van der Waals surface area contributed by atoms with Crippen molar-refractivity contribution in [3.63, 3.8) is 0 Å². The summed E-state index contributed by atoms with van der Waals surface area (Å²) in [4.78, 5) is 0. The van der Waals surface area contributed by atoms with Crippen LogP contribution in [0.2, 0.25) is 0 Å². The fourth-order valence-corrected chi connectivity index (χ4v) is 2.82.